The number of amides is 3. The summed E-state index contributed by atoms with van der Waals surface area (Å²) in [5.74, 6) is -1.29. The van der Waals surface area contributed by atoms with Crippen LogP contribution in [0.3, 0.4) is 0 Å². The van der Waals surface area contributed by atoms with Crippen LogP contribution in [0.2, 0.25) is 0 Å². The summed E-state index contributed by atoms with van der Waals surface area (Å²) in [5, 5.41) is 11.9. The van der Waals surface area contributed by atoms with Crippen molar-refractivity contribution in [2.45, 2.75) is 30.9 Å². The number of hydroxylamine groups is 1. The average molecular weight is 608 g/mol. The van der Waals surface area contributed by atoms with Crippen molar-refractivity contribution >= 4 is 44.1 Å². The van der Waals surface area contributed by atoms with Crippen LogP contribution in [0.15, 0.2) is 58.4 Å². The van der Waals surface area contributed by atoms with E-state index < -0.39 is 32.8 Å². The molecule has 0 spiro atoms. The number of fused-ring (bicyclic) bond motifs is 2. The van der Waals surface area contributed by atoms with E-state index >= 15 is 0 Å². The van der Waals surface area contributed by atoms with Gasteiger partial charge in [-0.3, -0.25) is 24.4 Å². The standard InChI is InChI=1S/C29H29N5O8S/c1-29(2)28(38)34(4)22-11-17(43(5,40)41)10-19(24(22)42-29)20-14-33(3)27(37)23-18(20)12-21(31-23)26(36)30-13-15-6-8-16(9-7-15)25(35)32-39/h6-12,14,31,39H,13H2,1-5H3,(H,30,36)(H,32,35). The molecule has 224 valence electrons. The van der Waals surface area contributed by atoms with Gasteiger partial charge < -0.3 is 24.5 Å². The molecular formula is C29H29N5O8S. The Bertz CT molecular complexity index is 1990. The van der Waals surface area contributed by atoms with Crippen LogP contribution in [0.4, 0.5) is 5.69 Å². The molecule has 5 rings (SSSR count). The number of pyridine rings is 1. The fraction of sp³-hybridized carbons (Fsp3) is 0.241. The number of sulfone groups is 1. The molecule has 3 heterocycles. The highest BCUT2D eigenvalue weighted by molar-refractivity contribution is 7.90. The molecule has 0 unspecified atom stereocenters. The summed E-state index contributed by atoms with van der Waals surface area (Å²) in [6, 6.07) is 10.5. The molecule has 1 aliphatic rings. The highest BCUT2D eigenvalue weighted by Gasteiger charge is 2.41. The monoisotopic (exact) mass is 607 g/mol. The van der Waals surface area contributed by atoms with E-state index in [0.29, 0.717) is 22.1 Å². The van der Waals surface area contributed by atoms with Crippen LogP contribution in [0, 0.1) is 0 Å². The minimum absolute atomic E-state index is 0.0535. The molecule has 0 aliphatic carbocycles. The SMILES string of the molecule is CN1C(=O)C(C)(C)Oc2c(-c3cn(C)c(=O)c4[nH]c(C(=O)NCc5ccc(C(=O)NO)cc5)cc34)cc(S(C)(=O)=O)cc21. The zero-order valence-corrected chi connectivity index (χ0v) is 24.8. The Morgan fingerprint density at radius 3 is 2.33 bits per heavy atom. The quantitative estimate of drug-likeness (QED) is 0.190. The van der Waals surface area contributed by atoms with Crippen LogP contribution >= 0.6 is 0 Å². The summed E-state index contributed by atoms with van der Waals surface area (Å²) in [5.41, 5.74) is 1.97. The Hall–Kier alpha value is -4.95. The number of ether oxygens (including phenoxy) is 1. The van der Waals surface area contributed by atoms with Crippen molar-refractivity contribution in [1.82, 2.24) is 20.3 Å². The van der Waals surface area contributed by atoms with Gasteiger partial charge in [0.1, 0.15) is 11.2 Å². The Labute approximate surface area is 246 Å². The number of aryl methyl sites for hydroxylation is 1. The minimum atomic E-state index is -3.73. The second-order valence-corrected chi connectivity index (χ2v) is 12.8. The number of carbonyl (C=O) groups excluding carboxylic acids is 3. The third-order valence-corrected chi connectivity index (χ3v) is 8.37. The van der Waals surface area contributed by atoms with Crippen molar-refractivity contribution in [1.29, 1.82) is 0 Å². The molecule has 2 aromatic heterocycles. The predicted molar refractivity (Wildman–Crippen MR) is 157 cm³/mol. The van der Waals surface area contributed by atoms with Crippen molar-refractivity contribution in [3.63, 3.8) is 0 Å². The van der Waals surface area contributed by atoms with Crippen LogP contribution in [0.1, 0.15) is 40.3 Å². The molecule has 0 radical (unpaired) electrons. The zero-order valence-electron chi connectivity index (χ0n) is 23.9. The van der Waals surface area contributed by atoms with Crippen LogP contribution in [-0.4, -0.2) is 59.8 Å². The van der Waals surface area contributed by atoms with E-state index in [1.807, 2.05) is 0 Å². The average Bonchev–Trinajstić information content (AvgIpc) is 3.41. The van der Waals surface area contributed by atoms with Crippen molar-refractivity contribution in [2.24, 2.45) is 7.05 Å². The van der Waals surface area contributed by atoms with Gasteiger partial charge in [0, 0.05) is 55.2 Å². The van der Waals surface area contributed by atoms with Gasteiger partial charge in [-0.05, 0) is 49.7 Å². The lowest BCUT2D eigenvalue weighted by Gasteiger charge is -2.38. The van der Waals surface area contributed by atoms with Gasteiger partial charge in [0.2, 0.25) is 0 Å². The Morgan fingerprint density at radius 2 is 1.70 bits per heavy atom. The van der Waals surface area contributed by atoms with E-state index in [2.05, 4.69) is 10.3 Å². The summed E-state index contributed by atoms with van der Waals surface area (Å²) < 4.78 is 32.8. The minimum Gasteiger partial charge on any atom is -0.475 e. The number of benzene rings is 2. The van der Waals surface area contributed by atoms with Crippen LogP contribution in [0.5, 0.6) is 5.75 Å². The fourth-order valence-corrected chi connectivity index (χ4v) is 5.61. The molecule has 4 aromatic rings. The van der Waals surface area contributed by atoms with Gasteiger partial charge in [0.15, 0.2) is 21.2 Å². The molecule has 4 N–H and O–H groups in total. The van der Waals surface area contributed by atoms with Gasteiger partial charge in [-0.1, -0.05) is 12.1 Å². The fourth-order valence-electron chi connectivity index (χ4n) is 4.96. The first-order valence-electron chi connectivity index (χ1n) is 13.0. The molecule has 0 atom stereocenters. The smallest absolute Gasteiger partial charge is 0.274 e. The second-order valence-electron chi connectivity index (χ2n) is 10.8. The maximum absolute atomic E-state index is 13.1. The van der Waals surface area contributed by atoms with Crippen LogP contribution < -0.4 is 26.0 Å². The number of aromatic amines is 1. The maximum Gasteiger partial charge on any atom is 0.274 e. The molecule has 0 saturated heterocycles. The highest BCUT2D eigenvalue weighted by Crippen LogP contribution is 2.47. The summed E-state index contributed by atoms with van der Waals surface area (Å²) in [7, 11) is -0.667. The predicted octanol–water partition coefficient (Wildman–Crippen LogP) is 2.12. The van der Waals surface area contributed by atoms with Crippen molar-refractivity contribution < 1.29 is 32.7 Å². The third-order valence-electron chi connectivity index (χ3n) is 7.28. The summed E-state index contributed by atoms with van der Waals surface area (Å²) in [6.45, 7) is 3.31. The number of nitrogens with zero attached hydrogens (tertiary/aromatic N) is 2. The second kappa shape index (κ2) is 10.4. The van der Waals surface area contributed by atoms with E-state index in [-0.39, 0.29) is 45.6 Å². The molecule has 0 saturated carbocycles. The Morgan fingerprint density at radius 1 is 1.02 bits per heavy atom. The molecule has 13 nitrogen and oxygen atoms in total. The van der Waals surface area contributed by atoms with Gasteiger partial charge in [-0.15, -0.1) is 0 Å². The van der Waals surface area contributed by atoms with Crippen molar-refractivity contribution in [3.05, 3.63) is 75.8 Å². The number of aromatic nitrogens is 2. The number of H-pyrrole nitrogens is 1. The van der Waals surface area contributed by atoms with Gasteiger partial charge >= 0.3 is 0 Å². The lowest BCUT2D eigenvalue weighted by molar-refractivity contribution is -0.132. The zero-order chi connectivity index (χ0) is 31.4. The van der Waals surface area contributed by atoms with E-state index in [0.717, 1.165) is 6.26 Å². The largest absolute Gasteiger partial charge is 0.475 e. The number of hydrogen-bond acceptors (Lipinski definition) is 8. The number of hydrogen-bond donors (Lipinski definition) is 4. The number of nitrogens with one attached hydrogen (secondary N) is 3. The Balaban J connectivity index is 1.60. The van der Waals surface area contributed by atoms with Crippen LogP contribution in [0.25, 0.3) is 22.0 Å². The summed E-state index contributed by atoms with van der Waals surface area (Å²) in [4.78, 5) is 54.9. The van der Waals surface area contributed by atoms with Crippen molar-refractivity contribution in [2.75, 3.05) is 18.2 Å². The summed E-state index contributed by atoms with van der Waals surface area (Å²) >= 11 is 0. The first-order valence-corrected chi connectivity index (χ1v) is 14.9. The molecule has 0 bridgehead atoms. The number of carbonyl (C=O) groups is 3. The number of likely N-dealkylation sites (N-methyl/N-ethyl adjacent to an activating group) is 1. The first-order chi connectivity index (χ1) is 20.1. The number of rotatable bonds is 6. The lowest BCUT2D eigenvalue weighted by Crippen LogP contribution is -2.51. The normalized spacial score (nSPS) is 14.3. The molecule has 1 aliphatic heterocycles. The topological polar surface area (TPSA) is 180 Å². The van der Waals surface area contributed by atoms with E-state index in [9.17, 15) is 27.6 Å². The molecule has 0 fully saturated rings. The van der Waals surface area contributed by atoms with E-state index in [1.165, 1.54) is 60.1 Å². The highest BCUT2D eigenvalue weighted by atomic mass is 32.2. The Kier molecular flexibility index (Phi) is 7.14. The van der Waals surface area contributed by atoms with Gasteiger partial charge in [-0.2, -0.15) is 0 Å². The molecule has 43 heavy (non-hydrogen) atoms. The molecule has 2 aromatic carbocycles. The van der Waals surface area contributed by atoms with E-state index in [1.54, 1.807) is 31.5 Å². The third kappa shape index (κ3) is 5.26. The molecule has 14 heteroatoms. The van der Waals surface area contributed by atoms with Gasteiger partial charge in [0.05, 0.1) is 10.6 Å². The molecular weight excluding hydrogens is 578 g/mol. The van der Waals surface area contributed by atoms with Gasteiger partial charge in [0.25, 0.3) is 23.3 Å². The summed E-state index contributed by atoms with van der Waals surface area (Å²) in [6.07, 6.45) is 2.58. The van der Waals surface area contributed by atoms with Gasteiger partial charge in [-0.25, -0.2) is 13.9 Å². The van der Waals surface area contributed by atoms with E-state index in [4.69, 9.17) is 9.94 Å². The van der Waals surface area contributed by atoms with Crippen LogP contribution in [-0.2, 0) is 28.2 Å². The first kappa shape index (κ1) is 29.5. The number of anilines is 1. The van der Waals surface area contributed by atoms with Crippen molar-refractivity contribution in [3.8, 4) is 16.9 Å². The maximum atomic E-state index is 13.1. The lowest BCUT2D eigenvalue weighted by atomic mass is 9.97. The molecule has 3 amide bonds.